The molecule has 1 N–H and O–H groups in total. The van der Waals surface area contributed by atoms with Gasteiger partial charge in [0.05, 0.1) is 5.02 Å². The Morgan fingerprint density at radius 3 is 2.75 bits per heavy atom. The van der Waals surface area contributed by atoms with Gasteiger partial charge in [0.15, 0.2) is 0 Å². The molecule has 0 radical (unpaired) electrons. The van der Waals surface area contributed by atoms with E-state index in [1.54, 1.807) is 0 Å². The number of hydrogen-bond donors (Lipinski definition) is 1. The molecule has 0 aliphatic heterocycles. The van der Waals surface area contributed by atoms with Crippen LogP contribution in [-0.2, 0) is 0 Å². The molecule has 2 rings (SSSR count). The number of anilines is 1. The number of benzene rings is 1. The molecule has 2 unspecified atom stereocenters. The first kappa shape index (κ1) is 12.3. The van der Waals surface area contributed by atoms with E-state index in [-0.39, 0.29) is 0 Å². The van der Waals surface area contributed by atoms with E-state index < -0.39 is 0 Å². The highest BCUT2D eigenvalue weighted by Gasteiger charge is 2.20. The van der Waals surface area contributed by atoms with Crippen molar-refractivity contribution in [3.8, 4) is 0 Å². The first-order chi connectivity index (χ1) is 7.66. The molecule has 3 heteroatoms. The fraction of sp³-hybridized carbons (Fsp3) is 0.538. The van der Waals surface area contributed by atoms with Crippen LogP contribution in [0.5, 0.6) is 0 Å². The first-order valence-corrected chi connectivity index (χ1v) is 7.05. The summed E-state index contributed by atoms with van der Waals surface area (Å²) in [4.78, 5) is 0. The molecular formula is C13H17BrClN. The van der Waals surface area contributed by atoms with Gasteiger partial charge in [-0.15, -0.1) is 0 Å². The number of nitrogens with one attached hydrogen (secondary N) is 1. The van der Waals surface area contributed by atoms with Gasteiger partial charge >= 0.3 is 0 Å². The van der Waals surface area contributed by atoms with Crippen LogP contribution < -0.4 is 5.32 Å². The highest BCUT2D eigenvalue weighted by atomic mass is 79.9. The van der Waals surface area contributed by atoms with Crippen LogP contribution in [0.25, 0.3) is 0 Å². The summed E-state index contributed by atoms with van der Waals surface area (Å²) in [6.07, 6.45) is 5.34. The smallest absolute Gasteiger partial charge is 0.0549 e. The molecule has 16 heavy (non-hydrogen) atoms. The number of hydrogen-bond acceptors (Lipinski definition) is 1. The second-order valence-corrected chi connectivity index (χ2v) is 5.90. The van der Waals surface area contributed by atoms with Gasteiger partial charge < -0.3 is 5.32 Å². The Hall–Kier alpha value is -0.210. The molecule has 0 amide bonds. The summed E-state index contributed by atoms with van der Waals surface area (Å²) in [7, 11) is 0. The first-order valence-electron chi connectivity index (χ1n) is 5.88. The van der Waals surface area contributed by atoms with Crippen LogP contribution in [0.3, 0.4) is 0 Å². The van der Waals surface area contributed by atoms with Crippen molar-refractivity contribution in [2.45, 2.75) is 38.6 Å². The van der Waals surface area contributed by atoms with E-state index >= 15 is 0 Å². The van der Waals surface area contributed by atoms with Gasteiger partial charge in [-0.1, -0.05) is 31.4 Å². The maximum Gasteiger partial charge on any atom is 0.0549 e. The predicted octanol–water partition coefficient (Wildman–Crippen LogP) is 5.09. The molecule has 1 fully saturated rings. The molecule has 1 aromatic rings. The van der Waals surface area contributed by atoms with Crippen LogP contribution in [0.4, 0.5) is 5.69 Å². The molecule has 1 aromatic carbocycles. The summed E-state index contributed by atoms with van der Waals surface area (Å²) >= 11 is 9.43. The van der Waals surface area contributed by atoms with Gasteiger partial charge in [-0.25, -0.2) is 0 Å². The zero-order valence-electron chi connectivity index (χ0n) is 9.47. The fourth-order valence-electron chi connectivity index (χ4n) is 2.33. The van der Waals surface area contributed by atoms with Gasteiger partial charge in [-0.3, -0.25) is 0 Å². The summed E-state index contributed by atoms with van der Waals surface area (Å²) in [6, 6.07) is 6.65. The van der Waals surface area contributed by atoms with Crippen molar-refractivity contribution in [3.63, 3.8) is 0 Å². The van der Waals surface area contributed by atoms with Crippen LogP contribution in [0.1, 0.15) is 32.6 Å². The van der Waals surface area contributed by atoms with Gasteiger partial charge in [0.25, 0.3) is 0 Å². The van der Waals surface area contributed by atoms with E-state index in [0.717, 1.165) is 21.1 Å². The minimum Gasteiger partial charge on any atom is -0.382 e. The lowest BCUT2D eigenvalue weighted by molar-refractivity contribution is 0.349. The summed E-state index contributed by atoms with van der Waals surface area (Å²) in [5.41, 5.74) is 1.16. The van der Waals surface area contributed by atoms with Crippen LogP contribution in [0, 0.1) is 5.92 Å². The van der Waals surface area contributed by atoms with Crippen LogP contribution >= 0.6 is 27.5 Å². The highest BCUT2D eigenvalue weighted by molar-refractivity contribution is 9.10. The van der Waals surface area contributed by atoms with E-state index in [4.69, 9.17) is 11.6 Å². The Labute approximate surface area is 111 Å². The molecule has 1 nitrogen and oxygen atoms in total. The lowest BCUT2D eigenvalue weighted by Crippen LogP contribution is -2.30. The minimum atomic E-state index is 0.613. The molecule has 0 aromatic heterocycles. The minimum absolute atomic E-state index is 0.613. The Morgan fingerprint density at radius 1 is 1.31 bits per heavy atom. The van der Waals surface area contributed by atoms with Crippen molar-refractivity contribution in [3.05, 3.63) is 27.7 Å². The monoisotopic (exact) mass is 301 g/mol. The third-order valence-corrected chi connectivity index (χ3v) is 4.60. The quantitative estimate of drug-likeness (QED) is 0.802. The Bertz CT molecular complexity index is 367. The SMILES string of the molecule is CC1CCCCC1Nc1ccc(Cl)c(Br)c1. The predicted molar refractivity (Wildman–Crippen MR) is 74.2 cm³/mol. The van der Waals surface area contributed by atoms with Gasteiger partial charge in [0, 0.05) is 16.2 Å². The Morgan fingerprint density at radius 2 is 2.06 bits per heavy atom. The number of halogens is 2. The molecule has 1 saturated carbocycles. The average Bonchev–Trinajstić information content (AvgIpc) is 2.27. The maximum absolute atomic E-state index is 5.98. The van der Waals surface area contributed by atoms with E-state index in [1.807, 2.05) is 6.07 Å². The summed E-state index contributed by atoms with van der Waals surface area (Å²) < 4.78 is 0.961. The zero-order chi connectivity index (χ0) is 11.5. The van der Waals surface area contributed by atoms with Crippen molar-refractivity contribution >= 4 is 33.2 Å². The van der Waals surface area contributed by atoms with E-state index in [0.29, 0.717) is 6.04 Å². The van der Waals surface area contributed by atoms with Crippen molar-refractivity contribution in [1.29, 1.82) is 0 Å². The molecule has 0 spiro atoms. The lowest BCUT2D eigenvalue weighted by Gasteiger charge is -2.30. The number of rotatable bonds is 2. The van der Waals surface area contributed by atoms with Crippen LogP contribution in [0.2, 0.25) is 5.02 Å². The van der Waals surface area contributed by atoms with E-state index in [1.165, 1.54) is 25.7 Å². The molecule has 2 atom stereocenters. The summed E-state index contributed by atoms with van der Waals surface area (Å²) in [5.74, 6) is 0.767. The Balaban J connectivity index is 2.05. The normalized spacial score (nSPS) is 25.4. The third-order valence-electron chi connectivity index (χ3n) is 3.38. The van der Waals surface area contributed by atoms with Crippen molar-refractivity contribution in [1.82, 2.24) is 0 Å². The fourth-order valence-corrected chi connectivity index (χ4v) is 2.83. The van der Waals surface area contributed by atoms with E-state index in [9.17, 15) is 0 Å². The largest absolute Gasteiger partial charge is 0.382 e. The topological polar surface area (TPSA) is 12.0 Å². The molecule has 1 aliphatic carbocycles. The third kappa shape index (κ3) is 2.92. The summed E-state index contributed by atoms with van der Waals surface area (Å²) in [6.45, 7) is 2.34. The standard InChI is InChI=1S/C13H17BrClN/c1-9-4-2-3-5-13(9)16-10-6-7-12(15)11(14)8-10/h6-9,13,16H,2-5H2,1H3. The average molecular weight is 303 g/mol. The molecule has 0 saturated heterocycles. The van der Waals surface area contributed by atoms with Gasteiger partial charge in [0.1, 0.15) is 0 Å². The van der Waals surface area contributed by atoms with Gasteiger partial charge in [0.2, 0.25) is 0 Å². The summed E-state index contributed by atoms with van der Waals surface area (Å²) in [5, 5.41) is 4.38. The van der Waals surface area contributed by atoms with Crippen LogP contribution in [0.15, 0.2) is 22.7 Å². The van der Waals surface area contributed by atoms with Gasteiger partial charge in [-0.05, 0) is 52.9 Å². The molecule has 0 heterocycles. The van der Waals surface area contributed by atoms with E-state index in [2.05, 4.69) is 40.3 Å². The Kier molecular flexibility index (Phi) is 4.15. The van der Waals surface area contributed by atoms with Crippen LogP contribution in [-0.4, -0.2) is 6.04 Å². The maximum atomic E-state index is 5.98. The molecule has 88 valence electrons. The van der Waals surface area contributed by atoms with Crippen molar-refractivity contribution in [2.24, 2.45) is 5.92 Å². The van der Waals surface area contributed by atoms with Crippen molar-refractivity contribution < 1.29 is 0 Å². The second kappa shape index (κ2) is 5.42. The molecule has 0 bridgehead atoms. The lowest BCUT2D eigenvalue weighted by atomic mass is 9.86. The molecular weight excluding hydrogens is 286 g/mol. The molecule has 1 aliphatic rings. The van der Waals surface area contributed by atoms with Crippen molar-refractivity contribution in [2.75, 3.05) is 5.32 Å². The second-order valence-electron chi connectivity index (χ2n) is 4.64. The highest BCUT2D eigenvalue weighted by Crippen LogP contribution is 2.30. The van der Waals surface area contributed by atoms with Gasteiger partial charge in [-0.2, -0.15) is 0 Å². The zero-order valence-corrected chi connectivity index (χ0v) is 11.8.